The van der Waals surface area contributed by atoms with E-state index >= 15 is 0 Å². The fourth-order valence-electron chi connectivity index (χ4n) is 6.32. The molecule has 0 aromatic carbocycles. The van der Waals surface area contributed by atoms with Gasteiger partial charge in [-0.2, -0.15) is 0 Å². The topological polar surface area (TPSA) is 61.4 Å². The van der Waals surface area contributed by atoms with Crippen LogP contribution in [0, 0.1) is 0 Å². The number of thiol groups is 1. The van der Waals surface area contributed by atoms with Crippen molar-refractivity contribution in [3.63, 3.8) is 0 Å². The van der Waals surface area contributed by atoms with E-state index in [0.717, 1.165) is 19.4 Å². The van der Waals surface area contributed by atoms with E-state index in [9.17, 15) is 4.79 Å². The van der Waals surface area contributed by atoms with Crippen LogP contribution in [0.3, 0.4) is 0 Å². The highest BCUT2D eigenvalue weighted by atomic mass is 32.1. The van der Waals surface area contributed by atoms with Crippen molar-refractivity contribution < 1.29 is 10.0 Å². The molecule has 0 saturated carbocycles. The van der Waals surface area contributed by atoms with Crippen LogP contribution >= 0.6 is 24.8 Å². The molecule has 1 amide bonds. The van der Waals surface area contributed by atoms with Gasteiger partial charge in [-0.3, -0.25) is 10.0 Å². The van der Waals surface area contributed by atoms with E-state index in [-0.39, 0.29) is 5.91 Å². The summed E-state index contributed by atoms with van der Waals surface area (Å²) in [4.78, 5) is 10.9. The van der Waals surface area contributed by atoms with Crippen molar-refractivity contribution in [2.24, 2.45) is 0 Å². The smallest absolute Gasteiger partial charge is 0.243 e. The summed E-state index contributed by atoms with van der Waals surface area (Å²) in [7, 11) is 0. The fraction of sp³-hybridized carbons (Fsp3) is 0.947. The molecule has 262 valence electrons. The summed E-state index contributed by atoms with van der Waals surface area (Å²) in [6, 6.07) is 0. The number of hydrogen-bond donors (Lipinski definition) is 4. The summed E-state index contributed by atoms with van der Waals surface area (Å²) in [5.74, 6) is -0.256. The lowest BCUT2D eigenvalue weighted by molar-refractivity contribution is -0.129. The second-order valence-electron chi connectivity index (χ2n) is 13.5. The summed E-state index contributed by atoms with van der Waals surface area (Å²) < 4.78 is 0.625. The first-order valence-corrected chi connectivity index (χ1v) is 20.4. The van der Waals surface area contributed by atoms with E-state index in [0.29, 0.717) is 10.7 Å². The zero-order chi connectivity index (χ0) is 32.0. The number of unbranched alkanes of at least 4 members (excludes halogenated alkanes) is 33. The molecule has 3 N–H and O–H groups in total. The molecule has 0 rings (SSSR count). The van der Waals surface area contributed by atoms with Crippen molar-refractivity contribution >= 4 is 35.1 Å². The third kappa shape index (κ3) is 39.7. The number of thiocarbonyl (C=S) groups is 1. The van der Waals surface area contributed by atoms with Gasteiger partial charge >= 0.3 is 0 Å². The molecule has 4 nitrogen and oxygen atoms in total. The average Bonchev–Trinajstić information content (AvgIpc) is 3.02. The van der Waals surface area contributed by atoms with Crippen molar-refractivity contribution in [3.8, 4) is 0 Å². The Kier molecular flexibility index (Phi) is 38.6. The number of hydroxylamine groups is 1. The third-order valence-electron chi connectivity index (χ3n) is 9.23. The first-order chi connectivity index (χ1) is 21.7. The Morgan fingerprint density at radius 2 is 0.614 bits per heavy atom. The molecule has 44 heavy (non-hydrogen) atoms. The molecule has 0 radical (unpaired) electrons. The maximum absolute atomic E-state index is 10.9. The van der Waals surface area contributed by atoms with Gasteiger partial charge < -0.3 is 5.32 Å². The van der Waals surface area contributed by atoms with Gasteiger partial charge in [-0.05, 0) is 12.8 Å². The maximum Gasteiger partial charge on any atom is 0.243 e. The minimum atomic E-state index is -0.256. The summed E-state index contributed by atoms with van der Waals surface area (Å²) in [6.07, 6.45) is 47.7. The van der Waals surface area contributed by atoms with Crippen LogP contribution in [0.15, 0.2) is 0 Å². The molecular weight excluding hydrogens is 581 g/mol. The summed E-state index contributed by atoms with van der Waals surface area (Å²) >= 11 is 8.99. The van der Waals surface area contributed by atoms with Crippen LogP contribution in [-0.2, 0) is 4.79 Å². The van der Waals surface area contributed by atoms with Crippen LogP contribution in [0.4, 0.5) is 0 Å². The van der Waals surface area contributed by atoms with E-state index in [4.69, 9.17) is 17.4 Å². The second kappa shape index (κ2) is 38.9. The van der Waals surface area contributed by atoms with E-state index in [1.54, 1.807) is 5.48 Å². The molecular formula is C38H76N2O2S2. The van der Waals surface area contributed by atoms with Gasteiger partial charge in [-0.25, -0.2) is 5.48 Å². The fourth-order valence-corrected chi connectivity index (χ4v) is 6.53. The predicted molar refractivity (Wildman–Crippen MR) is 201 cm³/mol. The number of carbonyl (C=O) groups excluding carboxylic acids is 1. The Labute approximate surface area is 286 Å². The molecule has 6 heteroatoms. The van der Waals surface area contributed by atoms with Gasteiger partial charge in [-0.15, -0.1) is 12.6 Å². The van der Waals surface area contributed by atoms with Gasteiger partial charge in [0, 0.05) is 13.0 Å². The summed E-state index contributed by atoms with van der Waals surface area (Å²) in [5.41, 5.74) is 1.70. The van der Waals surface area contributed by atoms with Gasteiger partial charge in [0.1, 0.15) is 4.32 Å². The van der Waals surface area contributed by atoms with E-state index in [1.165, 1.54) is 205 Å². The van der Waals surface area contributed by atoms with Crippen LogP contribution in [-0.4, -0.2) is 22.0 Å². The molecule has 0 aromatic rings. The zero-order valence-corrected chi connectivity index (χ0v) is 30.9. The van der Waals surface area contributed by atoms with Crippen LogP contribution in [0.1, 0.15) is 225 Å². The van der Waals surface area contributed by atoms with Gasteiger partial charge in [0.05, 0.1) is 0 Å². The highest BCUT2D eigenvalue weighted by Gasteiger charge is 1.99. The van der Waals surface area contributed by atoms with E-state index in [2.05, 4.69) is 17.9 Å². The number of nitrogens with one attached hydrogen (secondary N) is 2. The minimum Gasteiger partial charge on any atom is -0.371 e. The summed E-state index contributed by atoms with van der Waals surface area (Å²) in [6.45, 7) is 0.981. The SMILES string of the molecule is O=C(CCCCCCCCCCCCCCCCCCCCCCCCCCCCCCCCCCCCNC(=S)S)NO. The molecule has 0 aromatic heterocycles. The molecule has 0 aliphatic rings. The average molecular weight is 657 g/mol. The van der Waals surface area contributed by atoms with Gasteiger partial charge in [-0.1, -0.05) is 218 Å². The normalized spacial score (nSPS) is 11.2. The number of rotatable bonds is 37. The maximum atomic E-state index is 10.9. The van der Waals surface area contributed by atoms with Gasteiger partial charge in [0.25, 0.3) is 0 Å². The highest BCUT2D eigenvalue weighted by molar-refractivity contribution is 8.11. The Bertz CT molecular complexity index is 591. The lowest BCUT2D eigenvalue weighted by Crippen LogP contribution is -2.17. The van der Waals surface area contributed by atoms with Gasteiger partial charge in [0.15, 0.2) is 0 Å². The van der Waals surface area contributed by atoms with Crippen molar-refractivity contribution in [3.05, 3.63) is 0 Å². The number of hydrogen-bond acceptors (Lipinski definition) is 3. The third-order valence-corrected chi connectivity index (χ3v) is 9.53. The Morgan fingerprint density at radius 3 is 0.818 bits per heavy atom. The Balaban J connectivity index is 3.05. The molecule has 0 saturated heterocycles. The monoisotopic (exact) mass is 657 g/mol. The number of amides is 1. The second-order valence-corrected chi connectivity index (χ2v) is 14.7. The van der Waals surface area contributed by atoms with E-state index < -0.39 is 0 Å². The molecule has 0 unspecified atom stereocenters. The lowest BCUT2D eigenvalue weighted by atomic mass is 10.0. The lowest BCUT2D eigenvalue weighted by Gasteiger charge is -2.05. The quantitative estimate of drug-likeness (QED) is 0.0177. The molecule has 0 atom stereocenters. The molecule has 0 bridgehead atoms. The van der Waals surface area contributed by atoms with Crippen molar-refractivity contribution in [2.45, 2.75) is 225 Å². The van der Waals surface area contributed by atoms with Crippen molar-refractivity contribution in [1.29, 1.82) is 0 Å². The first kappa shape index (κ1) is 43.7. The van der Waals surface area contributed by atoms with Crippen LogP contribution in [0.25, 0.3) is 0 Å². The molecule has 0 heterocycles. The molecule has 0 fully saturated rings. The van der Waals surface area contributed by atoms with Crippen LogP contribution in [0.2, 0.25) is 0 Å². The Hall–Kier alpha value is -0.330. The van der Waals surface area contributed by atoms with Gasteiger partial charge in [0.2, 0.25) is 5.91 Å². The molecule has 0 aliphatic carbocycles. The predicted octanol–water partition coefficient (Wildman–Crippen LogP) is 12.9. The first-order valence-electron chi connectivity index (χ1n) is 19.6. The Morgan fingerprint density at radius 1 is 0.409 bits per heavy atom. The number of carbonyl (C=O) groups is 1. The van der Waals surface area contributed by atoms with Crippen LogP contribution in [0.5, 0.6) is 0 Å². The molecule has 0 spiro atoms. The highest BCUT2D eigenvalue weighted by Crippen LogP contribution is 2.17. The standard InChI is InChI=1S/C38H76N2O2S2/c41-37(40-42)35-33-31-29-27-25-23-21-19-17-15-13-11-9-7-5-3-1-2-4-6-8-10-12-14-16-18-20-22-24-26-28-30-32-34-36-39-38(43)44/h42H,1-36H2,(H,40,41)(H2,39,43,44). The van der Waals surface area contributed by atoms with Crippen LogP contribution < -0.4 is 10.8 Å². The molecule has 0 aliphatic heterocycles. The van der Waals surface area contributed by atoms with Crippen molar-refractivity contribution in [2.75, 3.05) is 6.54 Å². The van der Waals surface area contributed by atoms with E-state index in [1.807, 2.05) is 0 Å². The van der Waals surface area contributed by atoms with Crippen molar-refractivity contribution in [1.82, 2.24) is 10.8 Å². The largest absolute Gasteiger partial charge is 0.371 e. The summed E-state index contributed by atoms with van der Waals surface area (Å²) in [5, 5.41) is 11.6. The zero-order valence-electron chi connectivity index (χ0n) is 29.2. The minimum absolute atomic E-state index is 0.256.